The number of hydrogen-bond donors (Lipinski definition) is 1. The van der Waals surface area contributed by atoms with Crippen LogP contribution >= 0.6 is 27.5 Å². The third kappa shape index (κ3) is 3.28. The number of rotatable bonds is 3. The van der Waals surface area contributed by atoms with Crippen molar-refractivity contribution in [2.75, 3.05) is 14.2 Å². The average Bonchev–Trinajstić information content (AvgIpc) is 2.29. The molecule has 1 rings (SSSR count). The average molecular weight is 309 g/mol. The number of hydrogen-bond acceptors (Lipinski definition) is 3. The van der Waals surface area contributed by atoms with Gasteiger partial charge in [0.25, 0.3) is 0 Å². The van der Waals surface area contributed by atoms with Crippen molar-refractivity contribution >= 4 is 33.6 Å². The first-order chi connectivity index (χ1) is 7.58. The summed E-state index contributed by atoms with van der Waals surface area (Å²) < 4.78 is 10.4. The molecule has 0 spiro atoms. The van der Waals surface area contributed by atoms with Crippen LogP contribution in [0.3, 0.4) is 0 Å². The van der Waals surface area contributed by atoms with Crippen LogP contribution in [0.15, 0.2) is 16.6 Å². The van der Waals surface area contributed by atoms with Crippen molar-refractivity contribution in [1.82, 2.24) is 5.32 Å². The van der Waals surface area contributed by atoms with Crippen LogP contribution in [-0.4, -0.2) is 20.3 Å². The number of benzene rings is 1. The largest absolute Gasteiger partial charge is 0.495 e. The van der Waals surface area contributed by atoms with E-state index in [2.05, 4.69) is 26.0 Å². The fourth-order valence-corrected chi connectivity index (χ4v) is 1.87. The van der Waals surface area contributed by atoms with Gasteiger partial charge in [-0.15, -0.1) is 0 Å². The van der Waals surface area contributed by atoms with Crippen molar-refractivity contribution in [2.45, 2.75) is 6.54 Å². The van der Waals surface area contributed by atoms with E-state index in [1.54, 1.807) is 12.1 Å². The standard InChI is InChI=1S/C10H11BrClNO3/c1-15-8-4-7(11)3-6(9(8)12)5-13-10(14)16-2/h3-4H,5H2,1-2H3,(H,13,14). The zero-order chi connectivity index (χ0) is 12.1. The van der Waals surface area contributed by atoms with Gasteiger partial charge in [-0.2, -0.15) is 0 Å². The topological polar surface area (TPSA) is 47.6 Å². The second-order valence-corrected chi connectivity index (χ2v) is 4.22. The second kappa shape index (κ2) is 5.96. The Morgan fingerprint density at radius 2 is 2.19 bits per heavy atom. The van der Waals surface area contributed by atoms with Gasteiger partial charge in [-0.25, -0.2) is 4.79 Å². The number of alkyl carbamates (subject to hydrolysis) is 1. The summed E-state index contributed by atoms with van der Waals surface area (Å²) in [5, 5.41) is 3.02. The summed E-state index contributed by atoms with van der Waals surface area (Å²) in [5.74, 6) is 0.553. The normalized spacial score (nSPS) is 9.75. The molecular formula is C10H11BrClNO3. The van der Waals surface area contributed by atoms with Crippen molar-refractivity contribution in [3.63, 3.8) is 0 Å². The highest BCUT2D eigenvalue weighted by Gasteiger charge is 2.09. The molecule has 0 radical (unpaired) electrons. The minimum absolute atomic E-state index is 0.279. The van der Waals surface area contributed by atoms with Gasteiger partial charge >= 0.3 is 6.09 Å². The Morgan fingerprint density at radius 1 is 1.50 bits per heavy atom. The van der Waals surface area contributed by atoms with Gasteiger partial charge in [-0.3, -0.25) is 0 Å². The third-order valence-corrected chi connectivity index (χ3v) is 2.79. The van der Waals surface area contributed by atoms with Gasteiger partial charge in [0.15, 0.2) is 0 Å². The van der Waals surface area contributed by atoms with Crippen molar-refractivity contribution in [3.8, 4) is 5.75 Å². The van der Waals surface area contributed by atoms with Crippen LogP contribution in [0.25, 0.3) is 0 Å². The van der Waals surface area contributed by atoms with Gasteiger partial charge in [-0.05, 0) is 17.7 Å². The molecule has 4 nitrogen and oxygen atoms in total. The number of amides is 1. The molecule has 0 aliphatic carbocycles. The lowest BCUT2D eigenvalue weighted by molar-refractivity contribution is 0.170. The van der Waals surface area contributed by atoms with E-state index in [9.17, 15) is 4.79 Å². The monoisotopic (exact) mass is 307 g/mol. The summed E-state index contributed by atoms with van der Waals surface area (Å²) in [7, 11) is 2.84. The summed E-state index contributed by atoms with van der Waals surface area (Å²) in [6.45, 7) is 0.279. The number of carbonyl (C=O) groups excluding carboxylic acids is 1. The Bertz CT molecular complexity index is 398. The Labute approximate surface area is 107 Å². The maximum atomic E-state index is 10.9. The van der Waals surface area contributed by atoms with Crippen LogP contribution in [0.4, 0.5) is 4.79 Å². The molecule has 0 unspecified atom stereocenters. The Hall–Kier alpha value is -0.940. The molecule has 6 heteroatoms. The lowest BCUT2D eigenvalue weighted by Gasteiger charge is -2.10. The van der Waals surface area contributed by atoms with Crippen LogP contribution in [-0.2, 0) is 11.3 Å². The first-order valence-corrected chi connectivity index (χ1v) is 5.59. The third-order valence-electron chi connectivity index (χ3n) is 1.91. The Kier molecular flexibility index (Phi) is 4.89. The van der Waals surface area contributed by atoms with Crippen LogP contribution in [0.5, 0.6) is 5.75 Å². The molecule has 88 valence electrons. The highest BCUT2D eigenvalue weighted by Crippen LogP contribution is 2.31. The predicted octanol–water partition coefficient (Wildman–Crippen LogP) is 2.97. The van der Waals surface area contributed by atoms with E-state index < -0.39 is 6.09 Å². The van der Waals surface area contributed by atoms with Gasteiger partial charge in [0.05, 0.1) is 19.2 Å². The molecular weight excluding hydrogens is 297 g/mol. The molecule has 0 atom stereocenters. The molecule has 16 heavy (non-hydrogen) atoms. The molecule has 0 aromatic heterocycles. The van der Waals surface area contributed by atoms with E-state index >= 15 is 0 Å². The highest BCUT2D eigenvalue weighted by atomic mass is 79.9. The summed E-state index contributed by atoms with van der Waals surface area (Å²) in [5.41, 5.74) is 0.748. The molecule has 0 heterocycles. The fourth-order valence-electron chi connectivity index (χ4n) is 1.14. The Balaban J connectivity index is 2.87. The smallest absolute Gasteiger partial charge is 0.407 e. The van der Waals surface area contributed by atoms with E-state index in [0.29, 0.717) is 10.8 Å². The molecule has 0 saturated carbocycles. The fraction of sp³-hybridized carbons (Fsp3) is 0.300. The maximum Gasteiger partial charge on any atom is 0.407 e. The zero-order valence-electron chi connectivity index (χ0n) is 8.84. The van der Waals surface area contributed by atoms with E-state index in [0.717, 1.165) is 10.0 Å². The van der Waals surface area contributed by atoms with E-state index in [4.69, 9.17) is 16.3 Å². The summed E-state index contributed by atoms with van der Waals surface area (Å²) >= 11 is 9.40. The predicted molar refractivity (Wildman–Crippen MR) is 64.9 cm³/mol. The molecule has 0 fully saturated rings. The molecule has 1 amide bonds. The van der Waals surface area contributed by atoms with Crippen LogP contribution < -0.4 is 10.1 Å². The quantitative estimate of drug-likeness (QED) is 0.934. The molecule has 0 saturated heterocycles. The number of methoxy groups -OCH3 is 2. The lowest BCUT2D eigenvalue weighted by Crippen LogP contribution is -2.22. The van der Waals surface area contributed by atoms with Gasteiger partial charge in [0, 0.05) is 11.0 Å². The molecule has 0 bridgehead atoms. The molecule has 1 N–H and O–H groups in total. The SMILES string of the molecule is COC(=O)NCc1cc(Br)cc(OC)c1Cl. The number of halogens is 2. The van der Waals surface area contributed by atoms with E-state index in [1.165, 1.54) is 14.2 Å². The second-order valence-electron chi connectivity index (χ2n) is 2.93. The van der Waals surface area contributed by atoms with Crippen LogP contribution in [0.1, 0.15) is 5.56 Å². The summed E-state index contributed by atoms with van der Waals surface area (Å²) in [6.07, 6.45) is -0.505. The van der Waals surface area contributed by atoms with Gasteiger partial charge < -0.3 is 14.8 Å². The minimum atomic E-state index is -0.505. The van der Waals surface area contributed by atoms with Crippen molar-refractivity contribution < 1.29 is 14.3 Å². The number of nitrogens with one attached hydrogen (secondary N) is 1. The number of ether oxygens (including phenoxy) is 2. The minimum Gasteiger partial charge on any atom is -0.495 e. The lowest BCUT2D eigenvalue weighted by atomic mass is 10.2. The van der Waals surface area contributed by atoms with E-state index in [-0.39, 0.29) is 6.54 Å². The first kappa shape index (κ1) is 13.1. The first-order valence-electron chi connectivity index (χ1n) is 4.42. The maximum absolute atomic E-state index is 10.9. The van der Waals surface area contributed by atoms with Gasteiger partial charge in [0.1, 0.15) is 5.75 Å². The molecule has 0 aliphatic heterocycles. The van der Waals surface area contributed by atoms with Gasteiger partial charge in [-0.1, -0.05) is 27.5 Å². The molecule has 0 aliphatic rings. The molecule has 1 aromatic rings. The van der Waals surface area contributed by atoms with E-state index in [1.807, 2.05) is 0 Å². The summed E-state index contributed by atoms with van der Waals surface area (Å²) in [4.78, 5) is 10.9. The van der Waals surface area contributed by atoms with Crippen molar-refractivity contribution in [1.29, 1.82) is 0 Å². The van der Waals surface area contributed by atoms with Crippen molar-refractivity contribution in [3.05, 3.63) is 27.2 Å². The molecule has 1 aromatic carbocycles. The van der Waals surface area contributed by atoms with Gasteiger partial charge in [0.2, 0.25) is 0 Å². The van der Waals surface area contributed by atoms with Crippen LogP contribution in [0.2, 0.25) is 5.02 Å². The van der Waals surface area contributed by atoms with Crippen LogP contribution in [0, 0.1) is 0 Å². The number of carbonyl (C=O) groups is 1. The zero-order valence-corrected chi connectivity index (χ0v) is 11.2. The Morgan fingerprint density at radius 3 is 2.75 bits per heavy atom. The van der Waals surface area contributed by atoms with Crippen molar-refractivity contribution in [2.24, 2.45) is 0 Å². The highest BCUT2D eigenvalue weighted by molar-refractivity contribution is 9.10. The summed E-state index contributed by atoms with van der Waals surface area (Å²) in [6, 6.07) is 3.56.